The molecule has 0 aliphatic heterocycles. The summed E-state index contributed by atoms with van der Waals surface area (Å²) in [4.78, 5) is 26.2. The lowest BCUT2D eigenvalue weighted by atomic mass is 10.0. The molecule has 0 saturated heterocycles. The number of esters is 1. The molecule has 0 aliphatic carbocycles. The molecule has 22 heavy (non-hydrogen) atoms. The van der Waals surface area contributed by atoms with Gasteiger partial charge < -0.3 is 14.5 Å². The monoisotopic (exact) mass is 301 g/mol. The van der Waals surface area contributed by atoms with Gasteiger partial charge in [0.15, 0.2) is 0 Å². The number of aryl methyl sites for hydroxylation is 1. The summed E-state index contributed by atoms with van der Waals surface area (Å²) in [5, 5.41) is 0. The highest BCUT2D eigenvalue weighted by Gasteiger charge is 2.14. The first kappa shape index (κ1) is 15.8. The average molecular weight is 301 g/mol. The van der Waals surface area contributed by atoms with Gasteiger partial charge >= 0.3 is 5.97 Å². The third-order valence-electron chi connectivity index (χ3n) is 3.42. The lowest BCUT2D eigenvalue weighted by Crippen LogP contribution is -2.21. The van der Waals surface area contributed by atoms with Gasteiger partial charge in [0.05, 0.1) is 13.7 Å². The molecule has 1 aromatic carbocycles. The highest BCUT2D eigenvalue weighted by molar-refractivity contribution is 5.88. The lowest BCUT2D eigenvalue weighted by Gasteiger charge is -2.13. The van der Waals surface area contributed by atoms with Crippen LogP contribution in [0.4, 0.5) is 0 Å². The Morgan fingerprint density at radius 3 is 2.45 bits per heavy atom. The Kier molecular flexibility index (Phi) is 4.99. The van der Waals surface area contributed by atoms with Crippen molar-refractivity contribution in [3.05, 3.63) is 63.6 Å². The Morgan fingerprint density at radius 1 is 1.18 bits per heavy atom. The van der Waals surface area contributed by atoms with E-state index in [-0.39, 0.29) is 18.1 Å². The Labute approximate surface area is 128 Å². The van der Waals surface area contributed by atoms with E-state index in [1.807, 2.05) is 31.2 Å². The number of carbonyl (C=O) groups is 1. The number of rotatable bonds is 5. The molecule has 0 unspecified atom stereocenters. The first-order valence-electron chi connectivity index (χ1n) is 7.02. The van der Waals surface area contributed by atoms with Crippen LogP contribution in [-0.4, -0.2) is 24.7 Å². The predicted octanol–water partition coefficient (Wildman–Crippen LogP) is 2.65. The fourth-order valence-electron chi connectivity index (χ4n) is 2.04. The van der Waals surface area contributed by atoms with Gasteiger partial charge in [-0.1, -0.05) is 19.1 Å². The van der Waals surface area contributed by atoms with Crippen LogP contribution in [0.15, 0.2) is 41.2 Å². The first-order chi connectivity index (χ1) is 10.5. The van der Waals surface area contributed by atoms with Gasteiger partial charge in [-0.2, -0.15) is 0 Å². The van der Waals surface area contributed by atoms with E-state index in [1.165, 1.54) is 6.07 Å². The summed E-state index contributed by atoms with van der Waals surface area (Å²) in [5.74, 6) is 0.195. The molecule has 1 atom stereocenters. The molecule has 1 N–H and O–H groups in total. The second-order valence-electron chi connectivity index (χ2n) is 5.16. The van der Waals surface area contributed by atoms with Crippen molar-refractivity contribution in [3.63, 3.8) is 0 Å². The van der Waals surface area contributed by atoms with Crippen molar-refractivity contribution in [3.8, 4) is 5.75 Å². The highest BCUT2D eigenvalue weighted by Crippen LogP contribution is 2.19. The molecule has 2 aromatic rings. The number of benzene rings is 1. The van der Waals surface area contributed by atoms with Crippen molar-refractivity contribution >= 4 is 5.97 Å². The van der Waals surface area contributed by atoms with E-state index in [9.17, 15) is 9.59 Å². The van der Waals surface area contributed by atoms with Crippen LogP contribution in [-0.2, 0) is 4.74 Å². The third-order valence-corrected chi connectivity index (χ3v) is 3.42. The topological polar surface area (TPSA) is 68.4 Å². The minimum atomic E-state index is -0.610. The molecule has 0 fully saturated rings. The fraction of sp³-hybridized carbons (Fsp3) is 0.294. The van der Waals surface area contributed by atoms with Gasteiger partial charge in [-0.3, -0.25) is 4.79 Å². The molecule has 0 radical (unpaired) electrons. The van der Waals surface area contributed by atoms with Crippen molar-refractivity contribution < 1.29 is 14.3 Å². The summed E-state index contributed by atoms with van der Waals surface area (Å²) < 4.78 is 10.3. The zero-order valence-corrected chi connectivity index (χ0v) is 12.9. The molecule has 0 bridgehead atoms. The van der Waals surface area contributed by atoms with E-state index in [0.717, 1.165) is 11.3 Å². The van der Waals surface area contributed by atoms with Crippen LogP contribution in [0.3, 0.4) is 0 Å². The van der Waals surface area contributed by atoms with E-state index in [1.54, 1.807) is 20.1 Å². The number of aromatic nitrogens is 1. The van der Waals surface area contributed by atoms with Gasteiger partial charge in [0.2, 0.25) is 0 Å². The number of pyridine rings is 1. The second kappa shape index (κ2) is 6.93. The zero-order chi connectivity index (χ0) is 16.1. The number of hydrogen-bond donors (Lipinski definition) is 1. The minimum Gasteiger partial charge on any atom is -0.497 e. The van der Waals surface area contributed by atoms with Gasteiger partial charge in [-0.05, 0) is 36.8 Å². The molecule has 5 nitrogen and oxygen atoms in total. The average Bonchev–Trinajstić information content (AvgIpc) is 2.52. The maximum Gasteiger partial charge on any atom is 0.343 e. The Morgan fingerprint density at radius 2 is 1.86 bits per heavy atom. The molecule has 0 saturated carbocycles. The minimum absolute atomic E-state index is 0.0209. The van der Waals surface area contributed by atoms with E-state index < -0.39 is 11.5 Å². The molecular formula is C17H19NO4. The van der Waals surface area contributed by atoms with Crippen molar-refractivity contribution in [1.29, 1.82) is 0 Å². The van der Waals surface area contributed by atoms with Gasteiger partial charge in [0.25, 0.3) is 5.56 Å². The van der Waals surface area contributed by atoms with Crippen molar-refractivity contribution in [2.75, 3.05) is 13.7 Å². The van der Waals surface area contributed by atoms with Crippen LogP contribution in [0.2, 0.25) is 0 Å². The number of H-pyrrole nitrogens is 1. The Bertz CT molecular complexity index is 703. The highest BCUT2D eigenvalue weighted by atomic mass is 16.5. The summed E-state index contributed by atoms with van der Waals surface area (Å²) in [5.41, 5.74) is 1.33. The van der Waals surface area contributed by atoms with Crippen LogP contribution >= 0.6 is 0 Å². The van der Waals surface area contributed by atoms with Gasteiger partial charge in [-0.25, -0.2) is 4.79 Å². The van der Waals surface area contributed by atoms with E-state index in [4.69, 9.17) is 9.47 Å². The summed E-state index contributed by atoms with van der Waals surface area (Å²) in [7, 11) is 1.61. The summed E-state index contributed by atoms with van der Waals surface area (Å²) >= 11 is 0. The van der Waals surface area contributed by atoms with Crippen molar-refractivity contribution in [2.45, 2.75) is 19.8 Å². The number of aromatic amines is 1. The summed E-state index contributed by atoms with van der Waals surface area (Å²) in [6, 6.07) is 10.7. The predicted molar refractivity (Wildman–Crippen MR) is 83.5 cm³/mol. The van der Waals surface area contributed by atoms with Crippen LogP contribution < -0.4 is 10.3 Å². The molecule has 5 heteroatoms. The molecule has 116 valence electrons. The van der Waals surface area contributed by atoms with Crippen molar-refractivity contribution in [1.82, 2.24) is 4.98 Å². The number of carbonyl (C=O) groups excluding carboxylic acids is 1. The van der Waals surface area contributed by atoms with Crippen LogP contribution in [0.1, 0.15) is 34.5 Å². The number of methoxy groups -OCH3 is 1. The molecule has 0 spiro atoms. The maximum atomic E-state index is 12.0. The third kappa shape index (κ3) is 3.75. The lowest BCUT2D eigenvalue weighted by molar-refractivity contribution is 0.0483. The molecule has 0 amide bonds. The molecule has 0 aliphatic rings. The molecule has 1 aromatic heterocycles. The molecular weight excluding hydrogens is 282 g/mol. The van der Waals surface area contributed by atoms with Crippen LogP contribution in [0.5, 0.6) is 5.75 Å². The van der Waals surface area contributed by atoms with E-state index >= 15 is 0 Å². The van der Waals surface area contributed by atoms with Crippen LogP contribution in [0.25, 0.3) is 0 Å². The normalized spacial score (nSPS) is 11.8. The van der Waals surface area contributed by atoms with Gasteiger partial charge in [0, 0.05) is 11.6 Å². The zero-order valence-electron chi connectivity index (χ0n) is 12.9. The van der Waals surface area contributed by atoms with E-state index in [2.05, 4.69) is 4.98 Å². The largest absolute Gasteiger partial charge is 0.497 e. The quantitative estimate of drug-likeness (QED) is 0.862. The first-order valence-corrected chi connectivity index (χ1v) is 7.02. The van der Waals surface area contributed by atoms with Gasteiger partial charge in [-0.15, -0.1) is 0 Å². The summed E-state index contributed by atoms with van der Waals surface area (Å²) in [6.07, 6.45) is 0. The number of hydrogen-bond acceptors (Lipinski definition) is 4. The maximum absolute atomic E-state index is 12.0. The standard InChI is InChI=1S/C17H19NO4/c1-11(13-5-7-14(21-3)8-6-13)10-22-17(20)15-9-4-12(2)18-16(15)19/h4-9,11H,10H2,1-3H3,(H,18,19)/t11-/m0/s1. The number of nitrogens with one attached hydrogen (secondary N) is 1. The Hall–Kier alpha value is -2.56. The SMILES string of the molecule is COc1ccc([C@@H](C)COC(=O)c2ccc(C)[nH]c2=O)cc1. The molecule has 1 heterocycles. The van der Waals surface area contributed by atoms with Crippen LogP contribution in [0, 0.1) is 6.92 Å². The number of ether oxygens (including phenoxy) is 2. The molecule has 2 rings (SSSR count). The smallest absolute Gasteiger partial charge is 0.343 e. The Balaban J connectivity index is 1.99. The summed E-state index contributed by atoms with van der Waals surface area (Å²) in [6.45, 7) is 3.91. The van der Waals surface area contributed by atoms with Gasteiger partial charge in [0.1, 0.15) is 11.3 Å². The van der Waals surface area contributed by atoms with E-state index in [0.29, 0.717) is 5.69 Å². The van der Waals surface area contributed by atoms with Crippen molar-refractivity contribution in [2.24, 2.45) is 0 Å². The second-order valence-corrected chi connectivity index (χ2v) is 5.16. The fourth-order valence-corrected chi connectivity index (χ4v) is 2.04.